The van der Waals surface area contributed by atoms with Crippen LogP contribution in [-0.2, 0) is 60.4 Å². The second-order valence-electron chi connectivity index (χ2n) is 16.3. The molecule has 0 saturated carbocycles. The topological polar surface area (TPSA) is 370 Å². The van der Waals surface area contributed by atoms with E-state index in [9.17, 15) is 62.7 Å². The van der Waals surface area contributed by atoms with Gasteiger partial charge in [-0.05, 0) is 23.6 Å². The van der Waals surface area contributed by atoms with Crippen molar-refractivity contribution in [3.8, 4) is 5.75 Å². The number of ether oxygens (including phenoxy) is 1. The van der Waals surface area contributed by atoms with Gasteiger partial charge in [-0.15, -0.1) is 0 Å². The molecule has 13 N–H and O–H groups in total. The first-order valence-corrected chi connectivity index (χ1v) is 22.3. The Morgan fingerprint density at radius 2 is 1.57 bits per heavy atom. The summed E-state index contributed by atoms with van der Waals surface area (Å²) < 4.78 is 20.0. The average Bonchev–Trinajstić information content (AvgIpc) is 3.85. The van der Waals surface area contributed by atoms with Crippen LogP contribution in [0.25, 0.3) is 10.9 Å². The number of H-pyrrole nitrogens is 1. The Morgan fingerprint density at radius 1 is 0.892 bits per heavy atom. The van der Waals surface area contributed by atoms with E-state index in [4.69, 9.17) is 10.5 Å². The molecule has 2 aromatic rings. The Labute approximate surface area is 374 Å². The number of nitrogens with two attached hydrogens (primary N) is 1. The molecule has 4 heterocycles. The normalized spacial score (nSPS) is 28.2. The molecule has 65 heavy (non-hydrogen) atoms. The van der Waals surface area contributed by atoms with Crippen molar-refractivity contribution in [1.82, 2.24) is 47.1 Å². The number of primary amides is 1. The van der Waals surface area contributed by atoms with Crippen molar-refractivity contribution in [1.29, 1.82) is 0 Å². The summed E-state index contributed by atoms with van der Waals surface area (Å²) in [6, 6.07) is -5.18. The first kappa shape index (κ1) is 49.8. The van der Waals surface area contributed by atoms with Gasteiger partial charge in [-0.3, -0.25) is 47.4 Å². The zero-order valence-electron chi connectivity index (χ0n) is 36.1. The highest BCUT2D eigenvalue weighted by atomic mass is 32.2. The maximum atomic E-state index is 14.7. The number of fused-ring (bicyclic) bond motifs is 5. The van der Waals surface area contributed by atoms with Crippen molar-refractivity contribution in [2.45, 2.75) is 99.9 Å². The van der Waals surface area contributed by atoms with Crippen LogP contribution in [0.1, 0.15) is 45.6 Å². The van der Waals surface area contributed by atoms with Crippen LogP contribution >= 0.6 is 0 Å². The van der Waals surface area contributed by atoms with E-state index >= 15 is 0 Å². The van der Waals surface area contributed by atoms with Gasteiger partial charge in [0.05, 0.1) is 67.5 Å². The molecular formula is C40H56N10O14S. The van der Waals surface area contributed by atoms with E-state index in [-0.39, 0.29) is 10.6 Å². The van der Waals surface area contributed by atoms with Crippen molar-refractivity contribution in [3.63, 3.8) is 0 Å². The number of aromatic amines is 1. The second-order valence-corrected chi connectivity index (χ2v) is 17.8. The van der Waals surface area contributed by atoms with E-state index in [0.29, 0.717) is 23.1 Å². The molecule has 5 rings (SSSR count). The number of aliphatic hydroxyl groups excluding tert-OH is 3. The minimum Gasteiger partial charge on any atom is -0.497 e. The highest BCUT2D eigenvalue weighted by Gasteiger charge is 2.45. The van der Waals surface area contributed by atoms with Crippen LogP contribution in [0, 0.1) is 11.8 Å². The Hall–Kier alpha value is -6.18. The Morgan fingerprint density at radius 3 is 2.22 bits per heavy atom. The molecular weight excluding hydrogens is 877 g/mol. The third-order valence-corrected chi connectivity index (χ3v) is 13.2. The van der Waals surface area contributed by atoms with Crippen LogP contribution in [0.2, 0.25) is 0 Å². The Kier molecular flexibility index (Phi) is 16.6. The van der Waals surface area contributed by atoms with Crippen LogP contribution < -0.4 is 47.7 Å². The second kappa shape index (κ2) is 21.7. The van der Waals surface area contributed by atoms with Crippen molar-refractivity contribution in [3.05, 3.63) is 23.8 Å². The minimum atomic E-state index is -2.34. The molecule has 9 amide bonds. The molecule has 3 aliphatic rings. The number of aliphatic hydroxyl groups is 3. The van der Waals surface area contributed by atoms with E-state index in [1.54, 1.807) is 26.0 Å². The third kappa shape index (κ3) is 11.9. The van der Waals surface area contributed by atoms with E-state index in [1.165, 1.54) is 20.1 Å². The number of benzene rings is 1. The molecule has 1 aromatic carbocycles. The quantitative estimate of drug-likeness (QED) is 0.118. The number of carbonyl (C=O) groups excluding carboxylic acids is 9. The number of nitrogens with one attached hydrogen (secondary N) is 8. The standard InChI is InChI=1S/C40H56N10O14S/c1-5-17(2)32-37(60)43-12-30(55)44-26-16-65(63)39-22(21-7-6-20(64-4)9-23(21)47-39)10-24(34(57)42-13-31(56)48-32)45-38(61)33(18(3)28(53)15-51)49-36(59)27-8-19(52)14-50(27)40(62)25(11-29(41)54)46-35(26)58/h6-7,9,17-19,24-28,32-33,47,51-53H,5,8,10-16H2,1-4H3,(H2,41,54)(H,42,57)(H,43,60)(H,44,55)(H,45,61)(H,46,58)(H,48,56)(H,49,59)/t17-,18-,19+,24-,25-,26-,27-,28-,32-,33-,65?/m0/s1. The maximum absolute atomic E-state index is 14.7. The minimum absolute atomic E-state index is 0.107. The number of nitrogens with zero attached hydrogens (tertiary/aromatic N) is 1. The number of hydrogen-bond acceptors (Lipinski definition) is 14. The SMILES string of the molecule is CC[C@H](C)[C@@H]1NC(=O)CNC(=O)[C@@H]2Cc3c([nH]c4cc(OC)ccc34)S(=O)C[C@H](NC(=O)CNC1=O)C(=O)N[C@@H](CC(N)=O)C(=O)N1C[C@H](O)C[C@H]1C(=O)N[C@@H]([C@@H](C)[C@@H](O)CO)C(=O)N2. The number of amides is 9. The number of hydrogen-bond donors (Lipinski definition) is 12. The maximum Gasteiger partial charge on any atom is 0.246 e. The summed E-state index contributed by atoms with van der Waals surface area (Å²) in [4.78, 5) is 128. The molecule has 24 nitrogen and oxygen atoms in total. The van der Waals surface area contributed by atoms with Gasteiger partial charge in [0, 0.05) is 36.8 Å². The molecule has 1 fully saturated rings. The van der Waals surface area contributed by atoms with Gasteiger partial charge in [-0.1, -0.05) is 27.2 Å². The van der Waals surface area contributed by atoms with Crippen LogP contribution in [0.3, 0.4) is 0 Å². The highest BCUT2D eigenvalue weighted by molar-refractivity contribution is 7.85. The molecule has 3 aliphatic heterocycles. The molecule has 0 aliphatic carbocycles. The lowest BCUT2D eigenvalue weighted by atomic mass is 9.93. The molecule has 25 heteroatoms. The van der Waals surface area contributed by atoms with Gasteiger partial charge < -0.3 is 72.9 Å². The largest absolute Gasteiger partial charge is 0.497 e. The third-order valence-electron chi connectivity index (χ3n) is 11.8. The molecule has 11 atom stereocenters. The molecule has 1 saturated heterocycles. The number of rotatable bonds is 8. The summed E-state index contributed by atoms with van der Waals surface area (Å²) in [5.41, 5.74) is 5.95. The fourth-order valence-electron chi connectivity index (χ4n) is 7.82. The highest BCUT2D eigenvalue weighted by Crippen LogP contribution is 2.30. The molecule has 356 valence electrons. The van der Waals surface area contributed by atoms with Crippen molar-refractivity contribution in [2.75, 3.05) is 39.1 Å². The summed E-state index contributed by atoms with van der Waals surface area (Å²) in [5, 5.41) is 48.8. The summed E-state index contributed by atoms with van der Waals surface area (Å²) in [5.74, 6) is -11.3. The number of aromatic nitrogens is 1. The van der Waals surface area contributed by atoms with Crippen molar-refractivity contribution < 1.29 is 67.4 Å². The Bertz CT molecular complexity index is 2220. The smallest absolute Gasteiger partial charge is 0.246 e. The molecule has 0 spiro atoms. The molecule has 2 bridgehead atoms. The fourth-order valence-corrected chi connectivity index (χ4v) is 9.22. The van der Waals surface area contributed by atoms with Crippen LogP contribution in [0.4, 0.5) is 0 Å². The predicted octanol–water partition coefficient (Wildman–Crippen LogP) is -5.62. The molecule has 0 radical (unpaired) electrons. The monoisotopic (exact) mass is 932 g/mol. The number of carbonyl (C=O) groups is 9. The fraction of sp³-hybridized carbons (Fsp3) is 0.575. The van der Waals surface area contributed by atoms with Crippen LogP contribution in [-0.4, -0.2) is 170 Å². The zero-order chi connectivity index (χ0) is 47.9. The lowest BCUT2D eigenvalue weighted by molar-refractivity contribution is -0.144. The lowest BCUT2D eigenvalue weighted by Gasteiger charge is -2.32. The first-order valence-electron chi connectivity index (χ1n) is 20.9. The average molecular weight is 933 g/mol. The van der Waals surface area contributed by atoms with E-state index in [2.05, 4.69) is 42.2 Å². The van der Waals surface area contributed by atoms with Gasteiger partial charge in [0.2, 0.25) is 53.2 Å². The predicted molar refractivity (Wildman–Crippen MR) is 227 cm³/mol. The van der Waals surface area contributed by atoms with Gasteiger partial charge >= 0.3 is 0 Å². The van der Waals surface area contributed by atoms with E-state index < -0.39 is 176 Å². The molecule has 1 unspecified atom stereocenters. The summed E-state index contributed by atoms with van der Waals surface area (Å²) in [6.07, 6.45) is -4.33. The van der Waals surface area contributed by atoms with Crippen LogP contribution in [0.15, 0.2) is 23.2 Å². The summed E-state index contributed by atoms with van der Waals surface area (Å²) >= 11 is 0. The van der Waals surface area contributed by atoms with Gasteiger partial charge in [-0.2, -0.15) is 0 Å². The zero-order valence-corrected chi connectivity index (χ0v) is 37.0. The summed E-state index contributed by atoms with van der Waals surface area (Å²) in [7, 11) is -0.944. The van der Waals surface area contributed by atoms with Gasteiger partial charge in [0.25, 0.3) is 0 Å². The molecule has 1 aromatic heterocycles. The van der Waals surface area contributed by atoms with Gasteiger partial charge in [-0.25, -0.2) is 0 Å². The van der Waals surface area contributed by atoms with E-state index in [1.807, 2.05) is 0 Å². The van der Waals surface area contributed by atoms with E-state index in [0.717, 1.165) is 4.90 Å². The van der Waals surface area contributed by atoms with Crippen molar-refractivity contribution >= 4 is 74.9 Å². The first-order chi connectivity index (χ1) is 30.8. The number of methoxy groups -OCH3 is 1. The van der Waals surface area contributed by atoms with Gasteiger partial charge in [0.15, 0.2) is 0 Å². The Balaban J connectivity index is 1.74. The van der Waals surface area contributed by atoms with Crippen molar-refractivity contribution in [2.24, 2.45) is 17.6 Å². The summed E-state index contributed by atoms with van der Waals surface area (Å²) in [6.45, 7) is 1.84. The lowest BCUT2D eigenvalue weighted by Crippen LogP contribution is -2.62. The van der Waals surface area contributed by atoms with Gasteiger partial charge in [0.1, 0.15) is 47.0 Å². The van der Waals surface area contributed by atoms with Crippen LogP contribution in [0.5, 0.6) is 5.75 Å².